The third-order valence-electron chi connectivity index (χ3n) is 5.54. The summed E-state index contributed by atoms with van der Waals surface area (Å²) in [6.07, 6.45) is 2.40. The number of ether oxygens (including phenoxy) is 1. The largest absolute Gasteiger partial charge is 0.491 e. The van der Waals surface area contributed by atoms with Gasteiger partial charge in [0.05, 0.1) is 12.3 Å². The van der Waals surface area contributed by atoms with Gasteiger partial charge in [0.25, 0.3) is 0 Å². The van der Waals surface area contributed by atoms with E-state index in [1.165, 1.54) is 5.69 Å². The molecule has 2 aliphatic heterocycles. The van der Waals surface area contributed by atoms with Gasteiger partial charge in [-0.05, 0) is 36.6 Å². The molecular weight excluding hydrogens is 366 g/mol. The van der Waals surface area contributed by atoms with E-state index in [9.17, 15) is 9.59 Å². The lowest BCUT2D eigenvalue weighted by Gasteiger charge is -2.36. The number of carbonyl (C=O) groups excluding carboxylic acids is 2. The number of nitrogens with one attached hydrogen (secondary N) is 1. The van der Waals surface area contributed by atoms with Crippen LogP contribution in [0.15, 0.2) is 48.5 Å². The maximum Gasteiger partial charge on any atom is 0.224 e. The number of piperazine rings is 1. The van der Waals surface area contributed by atoms with Gasteiger partial charge in [0.2, 0.25) is 11.8 Å². The number of para-hydroxylation sites is 2. The van der Waals surface area contributed by atoms with Crippen LogP contribution in [-0.4, -0.2) is 49.5 Å². The molecule has 0 spiro atoms. The minimum absolute atomic E-state index is 0.0263. The minimum Gasteiger partial charge on any atom is -0.491 e. The maximum atomic E-state index is 12.5. The summed E-state index contributed by atoms with van der Waals surface area (Å²) in [5.41, 5.74) is 3.10. The SMILES string of the molecule is O=C1CCc2cccc(OCCCC(=O)N3CCN(c4ccccc4)CC3)c2N1. The highest BCUT2D eigenvalue weighted by Crippen LogP contribution is 2.32. The Kier molecular flexibility index (Phi) is 5.98. The smallest absolute Gasteiger partial charge is 0.224 e. The quantitative estimate of drug-likeness (QED) is 0.766. The fourth-order valence-corrected chi connectivity index (χ4v) is 3.91. The van der Waals surface area contributed by atoms with Gasteiger partial charge < -0.3 is 19.9 Å². The van der Waals surface area contributed by atoms with E-state index in [1.807, 2.05) is 41.3 Å². The van der Waals surface area contributed by atoms with Crippen LogP contribution in [0.3, 0.4) is 0 Å². The lowest BCUT2D eigenvalue weighted by molar-refractivity contribution is -0.131. The fraction of sp³-hybridized carbons (Fsp3) is 0.391. The maximum absolute atomic E-state index is 12.5. The monoisotopic (exact) mass is 393 g/mol. The Labute approximate surface area is 171 Å². The molecule has 2 aliphatic rings. The number of hydrogen-bond donors (Lipinski definition) is 1. The number of nitrogens with zero attached hydrogens (tertiary/aromatic N) is 2. The summed E-state index contributed by atoms with van der Waals surface area (Å²) < 4.78 is 5.87. The van der Waals surface area contributed by atoms with Gasteiger partial charge in [-0.25, -0.2) is 0 Å². The molecule has 2 heterocycles. The van der Waals surface area contributed by atoms with E-state index in [0.29, 0.717) is 31.6 Å². The van der Waals surface area contributed by atoms with Crippen LogP contribution >= 0.6 is 0 Å². The number of aryl methyl sites for hydroxylation is 1. The highest BCUT2D eigenvalue weighted by Gasteiger charge is 2.21. The summed E-state index contributed by atoms with van der Waals surface area (Å²) in [7, 11) is 0. The summed E-state index contributed by atoms with van der Waals surface area (Å²) in [6.45, 7) is 3.70. The Morgan fingerprint density at radius 2 is 1.76 bits per heavy atom. The van der Waals surface area contributed by atoms with Crippen molar-refractivity contribution in [3.05, 3.63) is 54.1 Å². The van der Waals surface area contributed by atoms with Crippen LogP contribution in [0.1, 0.15) is 24.8 Å². The van der Waals surface area contributed by atoms with E-state index in [0.717, 1.165) is 43.9 Å². The third-order valence-corrected chi connectivity index (χ3v) is 5.54. The Balaban J connectivity index is 1.21. The molecule has 1 saturated heterocycles. The summed E-state index contributed by atoms with van der Waals surface area (Å²) in [5, 5.41) is 2.90. The first-order valence-electron chi connectivity index (χ1n) is 10.3. The summed E-state index contributed by atoms with van der Waals surface area (Å²) in [6, 6.07) is 16.2. The molecule has 2 aromatic rings. The first kappa shape index (κ1) is 19.3. The van der Waals surface area contributed by atoms with Crippen LogP contribution in [0.25, 0.3) is 0 Å². The molecule has 0 atom stereocenters. The van der Waals surface area contributed by atoms with Crippen molar-refractivity contribution in [3.63, 3.8) is 0 Å². The van der Waals surface area contributed by atoms with Gasteiger partial charge in [-0.15, -0.1) is 0 Å². The fourth-order valence-electron chi connectivity index (χ4n) is 3.91. The first-order chi connectivity index (χ1) is 14.2. The molecule has 0 saturated carbocycles. The topological polar surface area (TPSA) is 61.9 Å². The number of fused-ring (bicyclic) bond motifs is 1. The molecule has 4 rings (SSSR count). The minimum atomic E-state index is 0.0263. The Morgan fingerprint density at radius 3 is 2.55 bits per heavy atom. The molecule has 0 aromatic heterocycles. The second-order valence-corrected chi connectivity index (χ2v) is 7.49. The third kappa shape index (κ3) is 4.70. The van der Waals surface area contributed by atoms with E-state index in [1.54, 1.807) is 0 Å². The molecule has 0 bridgehead atoms. The molecule has 0 unspecified atom stereocenters. The molecule has 0 radical (unpaired) electrons. The van der Waals surface area contributed by atoms with E-state index in [2.05, 4.69) is 22.3 Å². The van der Waals surface area contributed by atoms with Crippen molar-refractivity contribution in [2.24, 2.45) is 0 Å². The van der Waals surface area contributed by atoms with E-state index in [4.69, 9.17) is 4.74 Å². The zero-order valence-electron chi connectivity index (χ0n) is 16.6. The van der Waals surface area contributed by atoms with Crippen molar-refractivity contribution in [1.29, 1.82) is 0 Å². The first-order valence-corrected chi connectivity index (χ1v) is 10.3. The molecule has 1 fully saturated rings. The van der Waals surface area contributed by atoms with Crippen LogP contribution in [0, 0.1) is 0 Å². The standard InChI is InChI=1S/C23H27N3O3/c27-21-12-11-18-6-4-9-20(23(18)24-21)29-17-5-10-22(28)26-15-13-25(14-16-26)19-7-2-1-3-8-19/h1-4,6-9H,5,10-17H2,(H,24,27). The molecule has 0 aliphatic carbocycles. The predicted octanol–water partition coefficient (Wildman–Crippen LogP) is 3.08. The number of benzene rings is 2. The van der Waals surface area contributed by atoms with Gasteiger partial charge in [0.1, 0.15) is 5.75 Å². The van der Waals surface area contributed by atoms with Gasteiger partial charge in [0.15, 0.2) is 0 Å². The molecule has 6 nitrogen and oxygen atoms in total. The Bertz CT molecular complexity index is 861. The number of anilines is 2. The van der Waals surface area contributed by atoms with Crippen LogP contribution in [0.5, 0.6) is 5.75 Å². The average molecular weight is 393 g/mol. The van der Waals surface area contributed by atoms with Crippen LogP contribution in [0.4, 0.5) is 11.4 Å². The van der Waals surface area contributed by atoms with Gasteiger partial charge >= 0.3 is 0 Å². The van der Waals surface area contributed by atoms with Crippen molar-refractivity contribution in [3.8, 4) is 5.75 Å². The van der Waals surface area contributed by atoms with Crippen LogP contribution in [-0.2, 0) is 16.0 Å². The summed E-state index contributed by atoms with van der Waals surface area (Å²) in [5.74, 6) is 0.905. The molecule has 152 valence electrons. The van der Waals surface area contributed by atoms with Crippen molar-refractivity contribution in [1.82, 2.24) is 4.90 Å². The van der Waals surface area contributed by atoms with Crippen molar-refractivity contribution < 1.29 is 14.3 Å². The van der Waals surface area contributed by atoms with Crippen molar-refractivity contribution in [2.75, 3.05) is 43.0 Å². The second kappa shape index (κ2) is 8.99. The van der Waals surface area contributed by atoms with Crippen LogP contribution in [0.2, 0.25) is 0 Å². The zero-order chi connectivity index (χ0) is 20.1. The Morgan fingerprint density at radius 1 is 0.966 bits per heavy atom. The lowest BCUT2D eigenvalue weighted by atomic mass is 10.0. The zero-order valence-corrected chi connectivity index (χ0v) is 16.6. The van der Waals surface area contributed by atoms with Crippen molar-refractivity contribution in [2.45, 2.75) is 25.7 Å². The molecule has 6 heteroatoms. The number of rotatable bonds is 6. The van der Waals surface area contributed by atoms with Gasteiger partial charge in [-0.1, -0.05) is 30.3 Å². The highest BCUT2D eigenvalue weighted by molar-refractivity contribution is 5.95. The van der Waals surface area contributed by atoms with Crippen LogP contribution < -0.4 is 15.0 Å². The molecule has 1 N–H and O–H groups in total. The molecular formula is C23H27N3O3. The van der Waals surface area contributed by atoms with Gasteiger partial charge in [-0.2, -0.15) is 0 Å². The summed E-state index contributed by atoms with van der Waals surface area (Å²) >= 11 is 0. The van der Waals surface area contributed by atoms with E-state index in [-0.39, 0.29) is 11.8 Å². The normalized spacial score (nSPS) is 16.2. The Hall–Kier alpha value is -3.02. The summed E-state index contributed by atoms with van der Waals surface area (Å²) in [4.78, 5) is 28.5. The van der Waals surface area contributed by atoms with Crippen molar-refractivity contribution >= 4 is 23.2 Å². The second-order valence-electron chi connectivity index (χ2n) is 7.49. The number of carbonyl (C=O) groups is 2. The number of amides is 2. The van der Waals surface area contributed by atoms with E-state index < -0.39 is 0 Å². The molecule has 2 aromatic carbocycles. The molecule has 29 heavy (non-hydrogen) atoms. The van der Waals surface area contributed by atoms with Gasteiger partial charge in [-0.3, -0.25) is 9.59 Å². The average Bonchev–Trinajstić information content (AvgIpc) is 2.77. The van der Waals surface area contributed by atoms with E-state index >= 15 is 0 Å². The number of hydrogen-bond acceptors (Lipinski definition) is 4. The molecule has 2 amide bonds. The highest BCUT2D eigenvalue weighted by atomic mass is 16.5. The van der Waals surface area contributed by atoms with Gasteiger partial charge in [0, 0.05) is 44.7 Å². The predicted molar refractivity (Wildman–Crippen MR) is 113 cm³/mol. The lowest BCUT2D eigenvalue weighted by Crippen LogP contribution is -2.48.